The number of fused-ring (bicyclic) bond motifs is 1. The Bertz CT molecular complexity index is 831. The molecule has 1 heterocycles. The summed E-state index contributed by atoms with van der Waals surface area (Å²) in [5.41, 5.74) is 2.68. The number of amides is 1. The van der Waals surface area contributed by atoms with Gasteiger partial charge in [-0.2, -0.15) is 0 Å². The number of Topliss-reactive ketones (excluding diaryl/α,β-unsaturated/α-hetero) is 1. The van der Waals surface area contributed by atoms with Gasteiger partial charge in [0.05, 0.1) is 6.61 Å². The van der Waals surface area contributed by atoms with Crippen molar-refractivity contribution < 1.29 is 19.1 Å². The molecule has 2 aromatic carbocycles. The zero-order valence-corrected chi connectivity index (χ0v) is 15.4. The molecule has 27 heavy (non-hydrogen) atoms. The zero-order valence-electron chi connectivity index (χ0n) is 15.4. The van der Waals surface area contributed by atoms with Crippen LogP contribution >= 0.6 is 0 Å². The van der Waals surface area contributed by atoms with Gasteiger partial charge in [0.15, 0.2) is 5.78 Å². The highest BCUT2D eigenvalue weighted by atomic mass is 16.5. The maximum absolute atomic E-state index is 12.8. The molecule has 0 unspecified atom stereocenters. The smallest absolute Gasteiger partial charge is 0.329 e. The van der Waals surface area contributed by atoms with Crippen molar-refractivity contribution in [2.24, 2.45) is 0 Å². The summed E-state index contributed by atoms with van der Waals surface area (Å²) in [7, 11) is 0. The number of nitrogens with zero attached hydrogens (tertiary/aromatic N) is 1. The average Bonchev–Trinajstić information content (AvgIpc) is 2.71. The minimum absolute atomic E-state index is 0.0750. The quantitative estimate of drug-likeness (QED) is 0.583. The highest BCUT2D eigenvalue weighted by Gasteiger charge is 2.35. The van der Waals surface area contributed by atoms with E-state index in [1.54, 1.807) is 36.1 Å². The van der Waals surface area contributed by atoms with Gasteiger partial charge in [0.25, 0.3) is 0 Å². The first-order valence-corrected chi connectivity index (χ1v) is 9.21. The van der Waals surface area contributed by atoms with Crippen molar-refractivity contribution in [2.45, 2.75) is 38.8 Å². The SMILES string of the molecule is CCOC(=O)[C@@H]1Cc2ccccc2CN1C(=O)CCC(=O)c1ccccc1. The van der Waals surface area contributed by atoms with Crippen molar-refractivity contribution in [2.75, 3.05) is 6.61 Å². The monoisotopic (exact) mass is 365 g/mol. The highest BCUT2D eigenvalue weighted by Crippen LogP contribution is 2.25. The predicted octanol–water partition coefficient (Wildman–Crippen LogP) is 3.17. The molecule has 0 saturated carbocycles. The summed E-state index contributed by atoms with van der Waals surface area (Å²) in [6.07, 6.45) is 0.635. The third-order valence-electron chi connectivity index (χ3n) is 4.79. The van der Waals surface area contributed by atoms with Crippen molar-refractivity contribution in [1.29, 1.82) is 0 Å². The maximum Gasteiger partial charge on any atom is 0.329 e. The molecule has 0 spiro atoms. The first-order chi connectivity index (χ1) is 13.1. The van der Waals surface area contributed by atoms with Gasteiger partial charge in [0, 0.05) is 31.4 Å². The van der Waals surface area contributed by atoms with Crippen molar-refractivity contribution in [3.63, 3.8) is 0 Å². The molecule has 3 rings (SSSR count). The van der Waals surface area contributed by atoms with Gasteiger partial charge in [0.1, 0.15) is 6.04 Å². The lowest BCUT2D eigenvalue weighted by Gasteiger charge is -2.35. The molecular formula is C22H23NO4. The molecule has 1 atom stereocenters. The van der Waals surface area contributed by atoms with E-state index in [1.807, 2.05) is 30.3 Å². The summed E-state index contributed by atoms with van der Waals surface area (Å²) in [6, 6.07) is 16.1. The summed E-state index contributed by atoms with van der Waals surface area (Å²) in [5.74, 6) is -0.671. The average molecular weight is 365 g/mol. The van der Waals surface area contributed by atoms with E-state index in [0.29, 0.717) is 18.5 Å². The Balaban J connectivity index is 1.72. The maximum atomic E-state index is 12.8. The molecule has 1 aliphatic heterocycles. The molecule has 0 fully saturated rings. The van der Waals surface area contributed by atoms with Gasteiger partial charge in [-0.15, -0.1) is 0 Å². The number of ketones is 1. The lowest BCUT2D eigenvalue weighted by atomic mass is 9.93. The molecule has 0 bridgehead atoms. The summed E-state index contributed by atoms with van der Waals surface area (Å²) < 4.78 is 5.17. The molecule has 1 aliphatic rings. The topological polar surface area (TPSA) is 63.7 Å². The number of hydrogen-bond donors (Lipinski definition) is 0. The number of rotatable bonds is 6. The molecule has 5 nitrogen and oxygen atoms in total. The van der Waals surface area contributed by atoms with Crippen LogP contribution in [0.5, 0.6) is 0 Å². The number of ether oxygens (including phenoxy) is 1. The molecular weight excluding hydrogens is 342 g/mol. The Hall–Kier alpha value is -2.95. The van der Waals surface area contributed by atoms with Gasteiger partial charge in [-0.1, -0.05) is 54.6 Å². The molecule has 1 amide bonds. The lowest BCUT2D eigenvalue weighted by Crippen LogP contribution is -2.49. The molecule has 0 radical (unpaired) electrons. The fraction of sp³-hybridized carbons (Fsp3) is 0.318. The number of benzene rings is 2. The Morgan fingerprint density at radius 1 is 0.963 bits per heavy atom. The Morgan fingerprint density at radius 2 is 1.63 bits per heavy atom. The van der Waals surface area contributed by atoms with E-state index in [2.05, 4.69) is 0 Å². The van der Waals surface area contributed by atoms with E-state index < -0.39 is 12.0 Å². The summed E-state index contributed by atoms with van der Waals surface area (Å²) >= 11 is 0. The van der Waals surface area contributed by atoms with E-state index in [0.717, 1.165) is 11.1 Å². The van der Waals surface area contributed by atoms with Crippen LogP contribution in [0.1, 0.15) is 41.3 Å². The van der Waals surface area contributed by atoms with Crippen molar-refractivity contribution in [3.05, 3.63) is 71.3 Å². The number of hydrogen-bond acceptors (Lipinski definition) is 4. The van der Waals surface area contributed by atoms with Gasteiger partial charge < -0.3 is 9.64 Å². The molecule has 0 aliphatic carbocycles. The van der Waals surface area contributed by atoms with Crippen LogP contribution in [0.2, 0.25) is 0 Å². The van der Waals surface area contributed by atoms with E-state index in [4.69, 9.17) is 4.74 Å². The molecule has 0 saturated heterocycles. The van der Waals surface area contributed by atoms with Crippen LogP contribution in [0.3, 0.4) is 0 Å². The fourth-order valence-electron chi connectivity index (χ4n) is 3.37. The third-order valence-corrected chi connectivity index (χ3v) is 4.79. The molecule has 0 aromatic heterocycles. The van der Waals surface area contributed by atoms with E-state index >= 15 is 0 Å². The molecule has 0 N–H and O–H groups in total. The van der Waals surface area contributed by atoms with E-state index in [9.17, 15) is 14.4 Å². The summed E-state index contributed by atoms with van der Waals surface area (Å²) in [4.78, 5) is 39.1. The normalized spacial score (nSPS) is 15.7. The first-order valence-electron chi connectivity index (χ1n) is 9.21. The van der Waals surface area contributed by atoms with Crippen molar-refractivity contribution in [3.8, 4) is 0 Å². The lowest BCUT2D eigenvalue weighted by molar-refractivity contribution is -0.156. The van der Waals surface area contributed by atoms with Crippen molar-refractivity contribution in [1.82, 2.24) is 4.90 Å². The highest BCUT2D eigenvalue weighted by molar-refractivity contribution is 5.98. The molecule has 140 valence electrons. The van der Waals surface area contributed by atoms with Crippen LogP contribution in [0, 0.1) is 0 Å². The number of esters is 1. The largest absolute Gasteiger partial charge is 0.464 e. The zero-order chi connectivity index (χ0) is 19.2. The Morgan fingerprint density at radius 3 is 2.33 bits per heavy atom. The Labute approximate surface area is 158 Å². The van der Waals surface area contributed by atoms with Crippen LogP contribution in [-0.4, -0.2) is 35.2 Å². The molecule has 5 heteroatoms. The number of carbonyl (C=O) groups is 3. The van der Waals surface area contributed by atoms with E-state index in [1.165, 1.54) is 0 Å². The fourth-order valence-corrected chi connectivity index (χ4v) is 3.37. The number of carbonyl (C=O) groups excluding carboxylic acids is 3. The van der Waals surface area contributed by atoms with Gasteiger partial charge in [-0.05, 0) is 18.1 Å². The summed E-state index contributed by atoms with van der Waals surface area (Å²) in [5, 5.41) is 0. The predicted molar refractivity (Wildman–Crippen MR) is 101 cm³/mol. The van der Waals surface area contributed by atoms with Crippen LogP contribution in [0.15, 0.2) is 54.6 Å². The first kappa shape index (κ1) is 18.8. The van der Waals surface area contributed by atoms with Crippen LogP contribution in [-0.2, 0) is 27.3 Å². The Kier molecular flexibility index (Phi) is 6.01. The van der Waals surface area contributed by atoms with E-state index in [-0.39, 0.29) is 31.1 Å². The van der Waals surface area contributed by atoms with Crippen LogP contribution in [0.4, 0.5) is 0 Å². The van der Waals surface area contributed by atoms with Crippen LogP contribution in [0.25, 0.3) is 0 Å². The summed E-state index contributed by atoms with van der Waals surface area (Å²) in [6.45, 7) is 2.38. The van der Waals surface area contributed by atoms with Gasteiger partial charge in [-0.25, -0.2) is 4.79 Å². The second-order valence-electron chi connectivity index (χ2n) is 6.55. The van der Waals surface area contributed by atoms with Gasteiger partial charge >= 0.3 is 5.97 Å². The van der Waals surface area contributed by atoms with Gasteiger partial charge in [0.2, 0.25) is 5.91 Å². The van der Waals surface area contributed by atoms with Gasteiger partial charge in [-0.3, -0.25) is 9.59 Å². The van der Waals surface area contributed by atoms with Crippen molar-refractivity contribution >= 4 is 17.7 Å². The standard InChI is InChI=1S/C22H23NO4/c1-2-27-22(26)19-14-17-10-6-7-11-18(17)15-23(19)21(25)13-12-20(24)16-8-4-3-5-9-16/h3-11,19H,2,12-15H2,1H3/t19-/m0/s1. The minimum atomic E-state index is -0.640. The minimum Gasteiger partial charge on any atom is -0.464 e. The second-order valence-corrected chi connectivity index (χ2v) is 6.55. The van der Waals surface area contributed by atoms with Crippen LogP contribution < -0.4 is 0 Å². The second kappa shape index (κ2) is 8.62. The third kappa shape index (κ3) is 4.42. The molecule has 2 aromatic rings.